The molecule has 0 unspecified atom stereocenters. The molecule has 25 heavy (non-hydrogen) atoms. The first-order valence-corrected chi connectivity index (χ1v) is 8.03. The lowest BCUT2D eigenvalue weighted by atomic mass is 10.2. The molecule has 0 aliphatic heterocycles. The highest BCUT2D eigenvalue weighted by Gasteiger charge is 2.10. The van der Waals surface area contributed by atoms with E-state index in [1.165, 1.54) is 16.8 Å². The van der Waals surface area contributed by atoms with Gasteiger partial charge in [0.15, 0.2) is 0 Å². The van der Waals surface area contributed by atoms with E-state index in [1.54, 1.807) is 12.1 Å². The fourth-order valence-corrected chi connectivity index (χ4v) is 2.64. The monoisotopic (exact) mass is 352 g/mol. The number of benzene rings is 2. The molecular weight excluding hydrogens is 339 g/mol. The number of fused-ring (bicyclic) bond motifs is 1. The Kier molecular flexibility index (Phi) is 3.99. The third-order valence-electron chi connectivity index (χ3n) is 3.68. The van der Waals surface area contributed by atoms with E-state index in [-0.39, 0.29) is 17.3 Å². The van der Waals surface area contributed by atoms with Gasteiger partial charge in [0.2, 0.25) is 0 Å². The third kappa shape index (κ3) is 3.27. The number of hydrogen-bond acceptors (Lipinski definition) is 5. The van der Waals surface area contributed by atoms with Gasteiger partial charge in [-0.05, 0) is 42.5 Å². The average molecular weight is 352 g/mol. The first-order valence-electron chi connectivity index (χ1n) is 7.62. The van der Waals surface area contributed by atoms with Crippen LogP contribution in [0.25, 0.3) is 22.5 Å². The van der Waals surface area contributed by atoms with Crippen molar-refractivity contribution in [1.82, 2.24) is 14.8 Å². The van der Waals surface area contributed by atoms with Crippen molar-refractivity contribution < 1.29 is 8.81 Å². The van der Waals surface area contributed by atoms with Crippen molar-refractivity contribution in [3.63, 3.8) is 0 Å². The van der Waals surface area contributed by atoms with Crippen LogP contribution in [0, 0.1) is 10.7 Å². The Morgan fingerprint density at radius 2 is 1.96 bits per heavy atom. The molecule has 0 aliphatic carbocycles. The van der Waals surface area contributed by atoms with Crippen LogP contribution in [-0.2, 0) is 6.67 Å². The summed E-state index contributed by atoms with van der Waals surface area (Å²) in [5, 5.41) is 8.44. The number of aromatic nitrogens is 3. The van der Waals surface area contributed by atoms with Crippen molar-refractivity contribution >= 4 is 28.8 Å². The zero-order valence-electron chi connectivity index (χ0n) is 13.0. The van der Waals surface area contributed by atoms with E-state index < -0.39 is 0 Å². The van der Waals surface area contributed by atoms with Crippen molar-refractivity contribution in [2.24, 2.45) is 0 Å². The summed E-state index contributed by atoms with van der Waals surface area (Å²) in [5.74, 6) is 0.0339. The van der Waals surface area contributed by atoms with E-state index in [0.29, 0.717) is 17.3 Å². The molecule has 0 fully saturated rings. The van der Waals surface area contributed by atoms with Crippen molar-refractivity contribution in [2.75, 3.05) is 5.32 Å². The Hall–Kier alpha value is -3.06. The molecule has 2 heterocycles. The Morgan fingerprint density at radius 1 is 1.08 bits per heavy atom. The van der Waals surface area contributed by atoms with Crippen LogP contribution in [0.5, 0.6) is 0 Å². The molecule has 7 heteroatoms. The summed E-state index contributed by atoms with van der Waals surface area (Å²) in [6.45, 7) is 0.263. The van der Waals surface area contributed by atoms with Crippen LogP contribution in [0.1, 0.15) is 0 Å². The molecule has 4 aromatic rings. The smallest absolute Gasteiger partial charge is 0.289 e. The fourth-order valence-electron chi connectivity index (χ4n) is 2.46. The van der Waals surface area contributed by atoms with Gasteiger partial charge in [0.25, 0.3) is 10.7 Å². The molecule has 5 nitrogen and oxygen atoms in total. The summed E-state index contributed by atoms with van der Waals surface area (Å²) in [6.07, 6.45) is 0. The van der Waals surface area contributed by atoms with Gasteiger partial charge >= 0.3 is 0 Å². The van der Waals surface area contributed by atoms with Crippen LogP contribution in [0.2, 0.25) is 0 Å². The summed E-state index contributed by atoms with van der Waals surface area (Å²) in [5.41, 5.74) is 2.10. The quantitative estimate of drug-likeness (QED) is 0.543. The molecule has 124 valence electrons. The molecule has 0 saturated carbocycles. The fraction of sp³-hybridized carbons (Fsp3) is 0.0556. The van der Waals surface area contributed by atoms with Crippen molar-refractivity contribution in [2.45, 2.75) is 6.67 Å². The summed E-state index contributed by atoms with van der Waals surface area (Å²) in [7, 11) is 0. The number of nitrogens with zero attached hydrogens (tertiary/aromatic N) is 3. The Morgan fingerprint density at radius 3 is 2.84 bits per heavy atom. The van der Waals surface area contributed by atoms with E-state index >= 15 is 0 Å². The van der Waals surface area contributed by atoms with Crippen LogP contribution in [-0.4, -0.2) is 14.8 Å². The van der Waals surface area contributed by atoms with Gasteiger partial charge in [0.1, 0.15) is 18.2 Å². The SMILES string of the molecule is Fc1cccc(NCn2nc(-c3ccc4ccccc4n3)oc2=S)c1. The number of para-hydroxylation sites is 1. The molecule has 0 spiro atoms. The van der Waals surface area contributed by atoms with Gasteiger partial charge < -0.3 is 9.73 Å². The van der Waals surface area contributed by atoms with Gasteiger partial charge in [-0.3, -0.25) is 0 Å². The molecule has 0 aliphatic rings. The zero-order chi connectivity index (χ0) is 17.2. The average Bonchev–Trinajstić information content (AvgIpc) is 3.00. The van der Waals surface area contributed by atoms with E-state index in [1.807, 2.05) is 36.4 Å². The molecule has 2 aromatic heterocycles. The van der Waals surface area contributed by atoms with Gasteiger partial charge in [-0.2, -0.15) is 0 Å². The topological polar surface area (TPSA) is 55.9 Å². The molecule has 0 bridgehead atoms. The summed E-state index contributed by atoms with van der Waals surface area (Å²) in [4.78, 5) is 4.76. The maximum absolute atomic E-state index is 13.2. The molecular formula is C18H13FN4OS. The second-order valence-corrected chi connectivity index (χ2v) is 5.76. The predicted octanol–water partition coefficient (Wildman–Crippen LogP) is 4.63. The first kappa shape index (κ1) is 15.5. The minimum Gasteiger partial charge on any atom is -0.408 e. The second-order valence-electron chi connectivity index (χ2n) is 5.41. The van der Waals surface area contributed by atoms with Gasteiger partial charge in [-0.1, -0.05) is 30.3 Å². The number of halogens is 1. The third-order valence-corrected chi connectivity index (χ3v) is 3.98. The van der Waals surface area contributed by atoms with E-state index in [0.717, 1.165) is 10.9 Å². The molecule has 0 atom stereocenters. The van der Waals surface area contributed by atoms with Crippen LogP contribution in [0.15, 0.2) is 65.1 Å². The van der Waals surface area contributed by atoms with Crippen molar-refractivity contribution in [3.05, 3.63) is 71.3 Å². The maximum Gasteiger partial charge on any atom is 0.289 e. The Balaban J connectivity index is 1.59. The molecule has 0 amide bonds. The van der Waals surface area contributed by atoms with Gasteiger partial charge in [-0.25, -0.2) is 14.1 Å². The second kappa shape index (κ2) is 6.45. The minimum atomic E-state index is -0.310. The lowest BCUT2D eigenvalue weighted by Crippen LogP contribution is -2.09. The van der Waals surface area contributed by atoms with E-state index in [9.17, 15) is 4.39 Å². The number of hydrogen-bond donors (Lipinski definition) is 1. The van der Waals surface area contributed by atoms with Crippen LogP contribution in [0.3, 0.4) is 0 Å². The zero-order valence-corrected chi connectivity index (χ0v) is 13.8. The van der Waals surface area contributed by atoms with Crippen LogP contribution >= 0.6 is 12.2 Å². The highest BCUT2D eigenvalue weighted by molar-refractivity contribution is 7.71. The van der Waals surface area contributed by atoms with Crippen LogP contribution in [0.4, 0.5) is 10.1 Å². The largest absolute Gasteiger partial charge is 0.408 e. The van der Waals surface area contributed by atoms with Crippen molar-refractivity contribution in [3.8, 4) is 11.6 Å². The summed E-state index contributed by atoms with van der Waals surface area (Å²) >= 11 is 5.20. The number of nitrogens with one attached hydrogen (secondary N) is 1. The highest BCUT2D eigenvalue weighted by Crippen LogP contribution is 2.20. The normalized spacial score (nSPS) is 10.9. The van der Waals surface area contributed by atoms with Crippen molar-refractivity contribution in [1.29, 1.82) is 0 Å². The maximum atomic E-state index is 13.2. The number of rotatable bonds is 4. The van der Waals surface area contributed by atoms with Gasteiger partial charge in [0, 0.05) is 11.1 Å². The first-order chi connectivity index (χ1) is 12.2. The van der Waals surface area contributed by atoms with Gasteiger partial charge in [-0.15, -0.1) is 5.10 Å². The van der Waals surface area contributed by atoms with Crippen LogP contribution < -0.4 is 5.32 Å². The standard InChI is InChI=1S/C18H13FN4OS/c19-13-5-3-6-14(10-13)20-11-23-18(25)24-17(22-23)16-9-8-12-4-1-2-7-15(12)21-16/h1-10,20H,11H2. The Labute approximate surface area is 147 Å². The molecule has 4 rings (SSSR count). The molecule has 1 N–H and O–H groups in total. The molecule has 2 aromatic carbocycles. The summed E-state index contributed by atoms with van der Waals surface area (Å²) < 4.78 is 20.3. The predicted molar refractivity (Wildman–Crippen MR) is 96.1 cm³/mol. The Bertz CT molecular complexity index is 1110. The minimum absolute atomic E-state index is 0.217. The van der Waals surface area contributed by atoms with E-state index in [4.69, 9.17) is 16.6 Å². The van der Waals surface area contributed by atoms with E-state index in [2.05, 4.69) is 15.4 Å². The number of pyridine rings is 1. The number of anilines is 1. The summed E-state index contributed by atoms with van der Waals surface area (Å²) in [6, 6.07) is 17.8. The van der Waals surface area contributed by atoms with Gasteiger partial charge in [0.05, 0.1) is 5.52 Å². The lowest BCUT2D eigenvalue weighted by Gasteiger charge is -2.05. The highest BCUT2D eigenvalue weighted by atomic mass is 32.1. The lowest BCUT2D eigenvalue weighted by molar-refractivity contribution is 0.521. The molecule has 0 radical (unpaired) electrons. The molecule has 0 saturated heterocycles.